The zero-order valence-electron chi connectivity index (χ0n) is 11.2. The Morgan fingerprint density at radius 3 is 2.89 bits per heavy atom. The van der Waals surface area contributed by atoms with E-state index in [2.05, 4.69) is 17.2 Å². The second kappa shape index (κ2) is 8.03. The first kappa shape index (κ1) is 14.9. The van der Waals surface area contributed by atoms with Crippen molar-refractivity contribution in [3.05, 3.63) is 28.5 Å². The van der Waals surface area contributed by atoms with Crippen LogP contribution in [0.15, 0.2) is 18.3 Å². The number of pyridine rings is 1. The van der Waals surface area contributed by atoms with Crippen LogP contribution in [0, 0.1) is 4.64 Å². The van der Waals surface area contributed by atoms with Gasteiger partial charge in [0.15, 0.2) is 0 Å². The van der Waals surface area contributed by atoms with Crippen molar-refractivity contribution in [3.63, 3.8) is 0 Å². The zero-order chi connectivity index (χ0) is 13.4. The number of aromatic amines is 1. The lowest BCUT2D eigenvalue weighted by Gasteiger charge is -2.13. The standard InChI is InChI=1S/C14H22N2OS/c1-3-4-5-6-8-11(2)16-13(17)12-9-7-10-15-14(12)18/h7,9-11H,3-6,8H2,1-2H3,(H,15,18)(H,16,17). The minimum atomic E-state index is -0.0835. The van der Waals surface area contributed by atoms with Crippen LogP contribution in [0.5, 0.6) is 0 Å². The number of hydrogen-bond donors (Lipinski definition) is 2. The van der Waals surface area contributed by atoms with Crippen molar-refractivity contribution in [3.8, 4) is 0 Å². The summed E-state index contributed by atoms with van der Waals surface area (Å²) in [6.45, 7) is 4.24. The predicted octanol–water partition coefficient (Wildman–Crippen LogP) is 3.83. The van der Waals surface area contributed by atoms with Gasteiger partial charge in [-0.1, -0.05) is 44.8 Å². The molecule has 0 saturated heterocycles. The molecule has 1 amide bonds. The van der Waals surface area contributed by atoms with Gasteiger partial charge in [-0.3, -0.25) is 4.79 Å². The fourth-order valence-electron chi connectivity index (χ4n) is 1.85. The summed E-state index contributed by atoms with van der Waals surface area (Å²) in [4.78, 5) is 14.8. The van der Waals surface area contributed by atoms with Gasteiger partial charge in [-0.2, -0.15) is 0 Å². The largest absolute Gasteiger partial charge is 0.352 e. The van der Waals surface area contributed by atoms with Gasteiger partial charge in [-0.15, -0.1) is 0 Å². The maximum absolute atomic E-state index is 12.0. The first-order valence-electron chi connectivity index (χ1n) is 6.63. The molecule has 1 rings (SSSR count). The molecule has 0 aliphatic rings. The third-order valence-corrected chi connectivity index (χ3v) is 3.27. The fourth-order valence-corrected chi connectivity index (χ4v) is 2.08. The molecule has 1 heterocycles. The van der Waals surface area contributed by atoms with Gasteiger partial charge in [0.05, 0.1) is 5.56 Å². The number of nitrogens with one attached hydrogen (secondary N) is 2. The van der Waals surface area contributed by atoms with Gasteiger partial charge in [-0.05, 0) is 25.5 Å². The highest BCUT2D eigenvalue weighted by atomic mass is 32.1. The van der Waals surface area contributed by atoms with Crippen LogP contribution >= 0.6 is 12.2 Å². The minimum absolute atomic E-state index is 0.0835. The molecule has 0 bridgehead atoms. The summed E-state index contributed by atoms with van der Waals surface area (Å²) in [5.41, 5.74) is 0.549. The topological polar surface area (TPSA) is 44.9 Å². The van der Waals surface area contributed by atoms with E-state index in [0.29, 0.717) is 10.2 Å². The van der Waals surface area contributed by atoms with E-state index >= 15 is 0 Å². The number of carbonyl (C=O) groups is 1. The molecular weight excluding hydrogens is 244 g/mol. The first-order valence-corrected chi connectivity index (χ1v) is 7.04. The van der Waals surface area contributed by atoms with Crippen LogP contribution in [-0.4, -0.2) is 16.9 Å². The lowest BCUT2D eigenvalue weighted by Crippen LogP contribution is -2.32. The number of amides is 1. The van der Waals surface area contributed by atoms with Crippen LogP contribution in [-0.2, 0) is 0 Å². The number of rotatable bonds is 7. The highest BCUT2D eigenvalue weighted by Gasteiger charge is 2.10. The van der Waals surface area contributed by atoms with Crippen LogP contribution in [0.25, 0.3) is 0 Å². The van der Waals surface area contributed by atoms with Crippen LogP contribution < -0.4 is 5.32 Å². The summed E-state index contributed by atoms with van der Waals surface area (Å²) in [6.07, 6.45) is 7.66. The number of unbranched alkanes of at least 4 members (excludes halogenated alkanes) is 3. The Balaban J connectivity index is 2.40. The summed E-state index contributed by atoms with van der Waals surface area (Å²) in [5.74, 6) is -0.0835. The van der Waals surface area contributed by atoms with Gasteiger partial charge in [0.25, 0.3) is 5.91 Å². The minimum Gasteiger partial charge on any atom is -0.352 e. The Morgan fingerprint density at radius 2 is 2.22 bits per heavy atom. The second-order valence-corrected chi connectivity index (χ2v) is 5.05. The normalized spacial score (nSPS) is 12.1. The van der Waals surface area contributed by atoms with Crippen molar-refractivity contribution in [1.29, 1.82) is 0 Å². The predicted molar refractivity (Wildman–Crippen MR) is 77.3 cm³/mol. The molecule has 1 unspecified atom stereocenters. The van der Waals surface area contributed by atoms with E-state index in [1.165, 1.54) is 19.3 Å². The van der Waals surface area contributed by atoms with Crippen molar-refractivity contribution in [1.82, 2.24) is 10.3 Å². The summed E-state index contributed by atoms with van der Waals surface area (Å²) < 4.78 is 0.494. The smallest absolute Gasteiger partial charge is 0.254 e. The third kappa shape index (κ3) is 5.00. The molecular formula is C14H22N2OS. The van der Waals surface area contributed by atoms with Crippen LogP contribution in [0.4, 0.5) is 0 Å². The average Bonchev–Trinajstić information content (AvgIpc) is 2.35. The fraction of sp³-hybridized carbons (Fsp3) is 0.571. The SMILES string of the molecule is CCCCCCC(C)NC(=O)c1ccc[nH]c1=S. The van der Waals surface area contributed by atoms with E-state index in [1.807, 2.05) is 6.92 Å². The molecule has 3 nitrogen and oxygen atoms in total. The Morgan fingerprint density at radius 1 is 1.44 bits per heavy atom. The molecule has 0 aliphatic carbocycles. The molecule has 0 spiro atoms. The summed E-state index contributed by atoms with van der Waals surface area (Å²) in [6, 6.07) is 3.73. The lowest BCUT2D eigenvalue weighted by atomic mass is 10.1. The van der Waals surface area contributed by atoms with Crippen LogP contribution in [0.3, 0.4) is 0 Å². The van der Waals surface area contributed by atoms with E-state index in [4.69, 9.17) is 12.2 Å². The van der Waals surface area contributed by atoms with Crippen molar-refractivity contribution < 1.29 is 4.79 Å². The molecule has 0 fully saturated rings. The van der Waals surface area contributed by atoms with Gasteiger partial charge in [0.2, 0.25) is 0 Å². The summed E-state index contributed by atoms with van der Waals surface area (Å²) in [5, 5.41) is 2.99. The summed E-state index contributed by atoms with van der Waals surface area (Å²) in [7, 11) is 0. The Bertz CT molecular complexity index is 428. The summed E-state index contributed by atoms with van der Waals surface area (Å²) >= 11 is 5.09. The molecule has 0 aromatic carbocycles. The molecule has 0 radical (unpaired) electrons. The molecule has 18 heavy (non-hydrogen) atoms. The quantitative estimate of drug-likeness (QED) is 0.582. The van der Waals surface area contributed by atoms with Crippen molar-refractivity contribution in [2.24, 2.45) is 0 Å². The third-order valence-electron chi connectivity index (χ3n) is 2.93. The molecule has 1 atom stereocenters. The van der Waals surface area contributed by atoms with Gasteiger partial charge in [0.1, 0.15) is 4.64 Å². The number of hydrogen-bond acceptors (Lipinski definition) is 2. The van der Waals surface area contributed by atoms with Crippen molar-refractivity contribution >= 4 is 18.1 Å². The van der Waals surface area contributed by atoms with E-state index in [1.54, 1.807) is 18.3 Å². The zero-order valence-corrected chi connectivity index (χ0v) is 12.0. The van der Waals surface area contributed by atoms with Crippen molar-refractivity contribution in [2.75, 3.05) is 0 Å². The van der Waals surface area contributed by atoms with Gasteiger partial charge >= 0.3 is 0 Å². The molecule has 0 saturated carbocycles. The Hall–Kier alpha value is -1.16. The van der Waals surface area contributed by atoms with Gasteiger partial charge in [0, 0.05) is 12.2 Å². The van der Waals surface area contributed by atoms with Crippen LogP contribution in [0.2, 0.25) is 0 Å². The van der Waals surface area contributed by atoms with E-state index in [-0.39, 0.29) is 11.9 Å². The monoisotopic (exact) mass is 266 g/mol. The van der Waals surface area contributed by atoms with E-state index < -0.39 is 0 Å². The van der Waals surface area contributed by atoms with Crippen molar-refractivity contribution in [2.45, 2.75) is 52.0 Å². The Kier molecular flexibility index (Phi) is 6.65. The number of H-pyrrole nitrogens is 1. The molecule has 2 N–H and O–H groups in total. The lowest BCUT2D eigenvalue weighted by molar-refractivity contribution is 0.0937. The highest BCUT2D eigenvalue weighted by Crippen LogP contribution is 2.06. The second-order valence-electron chi connectivity index (χ2n) is 4.64. The van der Waals surface area contributed by atoms with E-state index in [9.17, 15) is 4.79 Å². The molecule has 1 aromatic heterocycles. The Labute approximate surface area is 114 Å². The van der Waals surface area contributed by atoms with Gasteiger partial charge < -0.3 is 10.3 Å². The number of aromatic nitrogens is 1. The number of carbonyl (C=O) groups excluding carboxylic acids is 1. The molecule has 4 heteroatoms. The molecule has 0 aliphatic heterocycles. The first-order chi connectivity index (χ1) is 8.65. The molecule has 1 aromatic rings. The van der Waals surface area contributed by atoms with Gasteiger partial charge in [-0.25, -0.2) is 0 Å². The van der Waals surface area contributed by atoms with E-state index in [0.717, 1.165) is 12.8 Å². The average molecular weight is 266 g/mol. The maximum Gasteiger partial charge on any atom is 0.254 e. The maximum atomic E-state index is 12.0. The van der Waals surface area contributed by atoms with Crippen LogP contribution in [0.1, 0.15) is 56.3 Å². The molecule has 100 valence electrons. The highest BCUT2D eigenvalue weighted by molar-refractivity contribution is 7.71.